The molecule has 1 amide bonds. The van der Waals surface area contributed by atoms with Crippen molar-refractivity contribution in [3.8, 4) is 0 Å². The van der Waals surface area contributed by atoms with E-state index >= 15 is 0 Å². The molecule has 0 aromatic heterocycles. The van der Waals surface area contributed by atoms with Crippen LogP contribution in [-0.4, -0.2) is 16.9 Å². The van der Waals surface area contributed by atoms with E-state index in [0.717, 1.165) is 17.4 Å². The third-order valence-electron chi connectivity index (χ3n) is 2.35. The number of carbonyl (C=O) groups is 1. The molecule has 3 heteroatoms. The van der Waals surface area contributed by atoms with Gasteiger partial charge in [0.15, 0.2) is 0 Å². The number of nitrogens with one attached hydrogen (secondary N) is 1. The summed E-state index contributed by atoms with van der Waals surface area (Å²) in [7, 11) is 0. The lowest BCUT2D eigenvalue weighted by molar-refractivity contribution is -0.125. The van der Waals surface area contributed by atoms with Crippen LogP contribution in [0.4, 0.5) is 0 Å². The number of hydrogen-bond donors (Lipinski definition) is 1. The highest BCUT2D eigenvalue weighted by atomic mass is 127. The first kappa shape index (κ1) is 10.3. The van der Waals surface area contributed by atoms with Crippen molar-refractivity contribution in [2.45, 2.75) is 26.2 Å². The van der Waals surface area contributed by atoms with Gasteiger partial charge in [-0.1, -0.05) is 29.5 Å². The predicted molar refractivity (Wildman–Crippen MR) is 58.4 cm³/mol. The maximum absolute atomic E-state index is 11.4. The summed E-state index contributed by atoms with van der Waals surface area (Å²) in [5.74, 6) is 1.19. The van der Waals surface area contributed by atoms with Crippen molar-refractivity contribution in [2.75, 3.05) is 11.0 Å². The Balaban J connectivity index is 2.09. The quantitative estimate of drug-likeness (QED) is 0.466. The molecule has 1 unspecified atom stereocenters. The monoisotopic (exact) mass is 281 g/mol. The number of alkyl halides is 1. The van der Waals surface area contributed by atoms with Crippen molar-refractivity contribution in [1.82, 2.24) is 5.32 Å². The van der Waals surface area contributed by atoms with Gasteiger partial charge in [-0.3, -0.25) is 4.79 Å². The number of carbonyl (C=O) groups excluding carboxylic acids is 1. The van der Waals surface area contributed by atoms with Crippen molar-refractivity contribution in [1.29, 1.82) is 0 Å². The first-order chi connectivity index (χ1) is 5.75. The van der Waals surface area contributed by atoms with Gasteiger partial charge in [-0.15, -0.1) is 0 Å². The molecule has 2 nitrogen and oxygen atoms in total. The molecule has 0 spiro atoms. The van der Waals surface area contributed by atoms with Gasteiger partial charge in [-0.2, -0.15) is 0 Å². The molecule has 0 bridgehead atoms. The molecule has 12 heavy (non-hydrogen) atoms. The predicted octanol–water partition coefficient (Wildman–Crippen LogP) is 1.97. The van der Waals surface area contributed by atoms with Crippen LogP contribution in [0.1, 0.15) is 26.2 Å². The topological polar surface area (TPSA) is 29.1 Å². The third kappa shape index (κ3) is 3.29. The average molecular weight is 281 g/mol. The van der Waals surface area contributed by atoms with Gasteiger partial charge < -0.3 is 5.32 Å². The van der Waals surface area contributed by atoms with E-state index in [1.54, 1.807) is 0 Å². The summed E-state index contributed by atoms with van der Waals surface area (Å²) in [5.41, 5.74) is 0. The van der Waals surface area contributed by atoms with Gasteiger partial charge >= 0.3 is 0 Å². The van der Waals surface area contributed by atoms with E-state index in [9.17, 15) is 4.79 Å². The molecule has 0 aliphatic heterocycles. The molecule has 70 valence electrons. The Morgan fingerprint density at radius 2 is 2.33 bits per heavy atom. The normalized spacial score (nSPS) is 18.8. The van der Waals surface area contributed by atoms with E-state index < -0.39 is 0 Å². The van der Waals surface area contributed by atoms with Crippen LogP contribution in [0.2, 0.25) is 0 Å². The maximum Gasteiger partial charge on any atom is 0.223 e. The minimum atomic E-state index is 0.249. The standard InChI is InChI=1S/C9H16INO/c1-7(8-3-4-8)9(12)11-6-2-5-10/h7-8H,2-6H2,1H3,(H,11,12). The van der Waals surface area contributed by atoms with Gasteiger partial charge in [0.1, 0.15) is 0 Å². The van der Waals surface area contributed by atoms with Crippen LogP contribution in [0, 0.1) is 11.8 Å². The molecule has 1 aliphatic rings. The summed E-state index contributed by atoms with van der Waals surface area (Å²) in [5, 5.41) is 2.96. The molecule has 1 saturated carbocycles. The smallest absolute Gasteiger partial charge is 0.223 e. The molecular formula is C9H16INO. The molecule has 0 aromatic carbocycles. The van der Waals surface area contributed by atoms with Crippen LogP contribution in [-0.2, 0) is 4.79 Å². The molecule has 1 fully saturated rings. The Morgan fingerprint density at radius 1 is 1.67 bits per heavy atom. The first-order valence-electron chi connectivity index (χ1n) is 4.59. The molecule has 1 N–H and O–H groups in total. The number of amides is 1. The van der Waals surface area contributed by atoms with Crippen LogP contribution >= 0.6 is 22.6 Å². The molecule has 1 aliphatic carbocycles. The first-order valence-corrected chi connectivity index (χ1v) is 6.12. The van der Waals surface area contributed by atoms with Crippen LogP contribution in [0.5, 0.6) is 0 Å². The van der Waals surface area contributed by atoms with E-state index in [4.69, 9.17) is 0 Å². The summed E-state index contributed by atoms with van der Waals surface area (Å²) in [6.07, 6.45) is 3.59. The molecule has 0 radical (unpaired) electrons. The summed E-state index contributed by atoms with van der Waals surface area (Å²) < 4.78 is 1.12. The van der Waals surface area contributed by atoms with Crippen molar-refractivity contribution in [3.05, 3.63) is 0 Å². The van der Waals surface area contributed by atoms with Crippen LogP contribution in [0.25, 0.3) is 0 Å². The fraction of sp³-hybridized carbons (Fsp3) is 0.889. The molecule has 0 aromatic rings. The Kier molecular flexibility index (Phi) is 4.32. The van der Waals surface area contributed by atoms with E-state index in [-0.39, 0.29) is 11.8 Å². The Bertz CT molecular complexity index is 157. The number of halogens is 1. The average Bonchev–Trinajstić information content (AvgIpc) is 2.86. The van der Waals surface area contributed by atoms with E-state index in [1.807, 2.05) is 6.92 Å². The second-order valence-electron chi connectivity index (χ2n) is 3.46. The van der Waals surface area contributed by atoms with Gasteiger partial charge in [-0.25, -0.2) is 0 Å². The second-order valence-corrected chi connectivity index (χ2v) is 4.54. The minimum absolute atomic E-state index is 0.249. The second kappa shape index (κ2) is 5.04. The Hall–Kier alpha value is 0.200. The van der Waals surface area contributed by atoms with Crippen LogP contribution in [0.15, 0.2) is 0 Å². The highest BCUT2D eigenvalue weighted by molar-refractivity contribution is 14.1. The van der Waals surface area contributed by atoms with Crippen LogP contribution in [0.3, 0.4) is 0 Å². The van der Waals surface area contributed by atoms with Crippen molar-refractivity contribution >= 4 is 28.5 Å². The molecule has 1 rings (SSSR count). The zero-order chi connectivity index (χ0) is 8.97. The summed E-state index contributed by atoms with van der Waals surface area (Å²) in [6, 6.07) is 0. The summed E-state index contributed by atoms with van der Waals surface area (Å²) in [6.45, 7) is 2.88. The number of rotatable bonds is 5. The van der Waals surface area contributed by atoms with Gasteiger partial charge in [0.05, 0.1) is 0 Å². The fourth-order valence-corrected chi connectivity index (χ4v) is 1.63. The van der Waals surface area contributed by atoms with E-state index in [0.29, 0.717) is 5.92 Å². The van der Waals surface area contributed by atoms with Gasteiger partial charge in [0.25, 0.3) is 0 Å². The van der Waals surface area contributed by atoms with Crippen molar-refractivity contribution < 1.29 is 4.79 Å². The molecular weight excluding hydrogens is 265 g/mol. The van der Waals surface area contributed by atoms with Crippen molar-refractivity contribution in [3.63, 3.8) is 0 Å². The van der Waals surface area contributed by atoms with Crippen LogP contribution < -0.4 is 5.32 Å². The Morgan fingerprint density at radius 3 is 2.83 bits per heavy atom. The van der Waals surface area contributed by atoms with Gasteiger partial charge in [-0.05, 0) is 25.2 Å². The Labute approximate surface area is 87.6 Å². The summed E-state index contributed by atoms with van der Waals surface area (Å²) >= 11 is 2.33. The SMILES string of the molecule is CC(C(=O)NCCCI)C1CC1. The fourth-order valence-electron chi connectivity index (χ4n) is 1.25. The molecule has 1 atom stereocenters. The zero-order valence-corrected chi connectivity index (χ0v) is 9.63. The van der Waals surface area contributed by atoms with Gasteiger partial charge in [0, 0.05) is 16.9 Å². The van der Waals surface area contributed by atoms with Gasteiger partial charge in [0.2, 0.25) is 5.91 Å². The third-order valence-corrected chi connectivity index (χ3v) is 3.12. The zero-order valence-electron chi connectivity index (χ0n) is 7.48. The lowest BCUT2D eigenvalue weighted by Gasteiger charge is -2.09. The highest BCUT2D eigenvalue weighted by Crippen LogP contribution is 2.36. The summed E-state index contributed by atoms with van der Waals surface area (Å²) in [4.78, 5) is 11.4. The van der Waals surface area contributed by atoms with E-state index in [2.05, 4.69) is 27.9 Å². The lowest BCUT2D eigenvalue weighted by atomic mass is 10.1. The van der Waals surface area contributed by atoms with Crippen molar-refractivity contribution in [2.24, 2.45) is 11.8 Å². The largest absolute Gasteiger partial charge is 0.356 e. The van der Waals surface area contributed by atoms with E-state index in [1.165, 1.54) is 12.8 Å². The maximum atomic E-state index is 11.4. The lowest BCUT2D eigenvalue weighted by Crippen LogP contribution is -2.31. The molecule has 0 saturated heterocycles. The molecule has 0 heterocycles. The number of hydrogen-bond acceptors (Lipinski definition) is 1. The highest BCUT2D eigenvalue weighted by Gasteiger charge is 2.32. The minimum Gasteiger partial charge on any atom is -0.356 e.